The largest absolute Gasteiger partial charge is 0.463 e. The van der Waals surface area contributed by atoms with Crippen LogP contribution in [0.15, 0.2) is 0 Å². The van der Waals surface area contributed by atoms with Crippen LogP contribution in [0.25, 0.3) is 0 Å². The normalized spacial score (nSPS) is 22.8. The number of amides is 8. The third-order valence-corrected chi connectivity index (χ3v) is 19.2. The molecule has 0 saturated carbocycles. The Hall–Kier alpha value is -9.54. The van der Waals surface area contributed by atoms with Gasteiger partial charge in [0.05, 0.1) is 85.9 Å². The van der Waals surface area contributed by atoms with Gasteiger partial charge in [0.1, 0.15) is 62.3 Å². The monoisotopic (exact) mass is 1810 g/mol. The van der Waals surface area contributed by atoms with Gasteiger partial charge >= 0.3 is 53.7 Å². The number of esters is 9. The van der Waals surface area contributed by atoms with Crippen molar-refractivity contribution < 1.29 is 181 Å². The molecule has 3 heterocycles. The zero-order valence-corrected chi connectivity index (χ0v) is 74.1. The van der Waals surface area contributed by atoms with E-state index in [1.807, 2.05) is 32.4 Å². The maximum absolute atomic E-state index is 14.7. The van der Waals surface area contributed by atoms with Gasteiger partial charge in [-0.3, -0.25) is 81.5 Å². The van der Waals surface area contributed by atoms with Crippen molar-refractivity contribution in [2.24, 2.45) is 0 Å². The minimum atomic E-state index is -2.12. The molecule has 708 valence electrons. The summed E-state index contributed by atoms with van der Waals surface area (Å²) in [6.07, 6.45) is -12.3. The Labute approximate surface area is 724 Å². The van der Waals surface area contributed by atoms with Gasteiger partial charge in [-0.2, -0.15) is 0 Å². The molecule has 3 rings (SSSR count). The summed E-state index contributed by atoms with van der Waals surface area (Å²) in [7, 11) is -1.60. The van der Waals surface area contributed by atoms with Gasteiger partial charge in [-0.1, -0.05) is 0 Å². The molecule has 0 aromatic carbocycles. The van der Waals surface area contributed by atoms with Crippen LogP contribution >= 0.6 is 8.53 Å². The van der Waals surface area contributed by atoms with Crippen LogP contribution in [-0.2, 0) is 181 Å². The van der Waals surface area contributed by atoms with Crippen LogP contribution in [0.3, 0.4) is 0 Å². The summed E-state index contributed by atoms with van der Waals surface area (Å²) in [4.78, 5) is 218. The lowest BCUT2D eigenvalue weighted by atomic mass is 9.96. The zero-order chi connectivity index (χ0) is 93.4. The Morgan fingerprint density at radius 3 is 1.05 bits per heavy atom. The van der Waals surface area contributed by atoms with Crippen molar-refractivity contribution in [2.45, 2.75) is 253 Å². The van der Waals surface area contributed by atoms with Gasteiger partial charge in [0.15, 0.2) is 61.5 Å². The average molecular weight is 1810 g/mol. The minimum Gasteiger partial charge on any atom is -0.463 e. The van der Waals surface area contributed by atoms with Crippen molar-refractivity contribution >= 4 is 110 Å². The molecule has 18 unspecified atom stereocenters. The highest BCUT2D eigenvalue weighted by Crippen LogP contribution is 2.46. The highest BCUT2D eigenvalue weighted by molar-refractivity contribution is 7.44. The molecule has 125 heavy (non-hydrogen) atoms. The molecule has 8 N–H and O–H groups in total. The molecule has 0 aromatic heterocycles. The van der Waals surface area contributed by atoms with Crippen LogP contribution < -0.4 is 42.5 Å². The molecular weight excluding hydrogens is 1690 g/mol. The zero-order valence-electron chi connectivity index (χ0n) is 73.2. The first-order chi connectivity index (χ1) is 59.1. The van der Waals surface area contributed by atoms with E-state index in [1.54, 1.807) is 0 Å². The van der Waals surface area contributed by atoms with Gasteiger partial charge in [0, 0.05) is 134 Å². The number of nitrogens with one attached hydrogen (secondary N) is 8. The number of rotatable bonds is 57. The Morgan fingerprint density at radius 1 is 0.368 bits per heavy atom. The van der Waals surface area contributed by atoms with E-state index in [2.05, 4.69) is 48.5 Å². The summed E-state index contributed by atoms with van der Waals surface area (Å²) in [5, 5.41) is 20.2. The van der Waals surface area contributed by atoms with Gasteiger partial charge in [0.2, 0.25) is 35.4 Å². The number of terminal acetylenes is 1. The van der Waals surface area contributed by atoms with Crippen LogP contribution in [0.5, 0.6) is 0 Å². The molecule has 18 atom stereocenters. The number of hydrogen-bond acceptors (Lipinski definition) is 39. The Kier molecular flexibility index (Phi) is 52.1. The number of hydrogen-bond donors (Lipinski definition) is 8. The number of carbonyl (C=O) groups is 17. The predicted molar refractivity (Wildman–Crippen MR) is 424 cm³/mol. The molecule has 0 aromatic rings. The Morgan fingerprint density at radius 2 is 0.704 bits per heavy atom. The molecule has 3 fully saturated rings. The molecule has 0 bridgehead atoms. The summed E-state index contributed by atoms with van der Waals surface area (Å²) in [5.74, 6) is -11.5. The average Bonchev–Trinajstić information content (AvgIpc) is 0.795. The van der Waals surface area contributed by atoms with E-state index in [0.717, 1.165) is 83.1 Å². The molecule has 3 aliphatic heterocycles. The molecule has 0 spiro atoms. The highest BCUT2D eigenvalue weighted by Gasteiger charge is 2.55. The van der Waals surface area contributed by atoms with E-state index in [4.69, 9.17) is 105 Å². The second-order valence-corrected chi connectivity index (χ2v) is 29.9. The van der Waals surface area contributed by atoms with Crippen molar-refractivity contribution in [3.05, 3.63) is 0 Å². The number of carbonyl (C=O) groups excluding carboxylic acids is 17. The summed E-state index contributed by atoms with van der Waals surface area (Å²) in [5.41, 5.74) is 0. The van der Waals surface area contributed by atoms with Gasteiger partial charge in [-0.15, -0.1) is 12.3 Å². The lowest BCUT2D eigenvalue weighted by molar-refractivity contribution is -0.279. The second kappa shape index (κ2) is 59.4. The summed E-state index contributed by atoms with van der Waals surface area (Å²) >= 11 is 0. The Bertz CT molecular complexity index is 3550. The molecule has 0 radical (unpaired) electrons. The quantitative estimate of drug-likeness (QED) is 0.00749. The second-order valence-electron chi connectivity index (χ2n) is 28.4. The highest BCUT2D eigenvalue weighted by atomic mass is 31.2. The fourth-order valence-electron chi connectivity index (χ4n) is 12.4. The summed E-state index contributed by atoms with van der Waals surface area (Å²) in [6.45, 7) is 16.3. The molecule has 8 amide bonds. The van der Waals surface area contributed by atoms with E-state index in [1.165, 1.54) is 0 Å². The maximum Gasteiger partial charge on any atom is 0.303 e. The van der Waals surface area contributed by atoms with Gasteiger partial charge in [0.25, 0.3) is 20.3 Å². The topological polar surface area (TPSA) is 584 Å². The number of nitrogens with zero attached hydrogens (tertiary/aromatic N) is 1. The van der Waals surface area contributed by atoms with Crippen LogP contribution in [0, 0.1) is 12.3 Å². The number of ether oxygens (including phenoxy) is 19. The standard InChI is InChI=1S/C77H122N9O38P/c1-18-19-26-114-125(86(42(2)3)43(4)5)115-38-34-104-27-22-61(100)85-65(73(102)80-25-30-107-33-37-110-77-64(83-46(8)89)71(121-55(17)98)68(118-52(14)95)59(124-77)41-113-49(11)92)74(103)84-56(72(101)79-24-29-106-32-36-109-76-63(82-45(7)88)70(120-54(16)97)67(117-51(13)94)58(123-76)40-112-48(10)91)20-21-60(99)78-23-28-105-31-35-108-75-62(81-44(6)87)69(119-53(15)96)66(116-50(12)93)57(122-75)39-111-47(9)90/h1,42-43,56-59,62-71,75-77H,19-41H2,2-17H3,(H,78,99)(H,79,101)(H,80,102)(H,81,87)(H,82,88)(H,83,89)(H,84,103)(H,85,100). The van der Waals surface area contributed by atoms with Gasteiger partial charge in [-0.25, -0.2) is 4.67 Å². The fraction of sp³-hybridized carbons (Fsp3) is 0.753. The van der Waals surface area contributed by atoms with Crippen LogP contribution in [0.1, 0.15) is 136 Å². The molecule has 48 heteroatoms. The molecule has 0 aliphatic carbocycles. The van der Waals surface area contributed by atoms with Gasteiger partial charge in [-0.05, 0) is 34.1 Å². The lowest BCUT2D eigenvalue weighted by Gasteiger charge is -2.44. The molecule has 3 aliphatic rings. The summed E-state index contributed by atoms with van der Waals surface area (Å²) in [6, 6.07) is -7.67. The lowest BCUT2D eigenvalue weighted by Crippen LogP contribution is -2.66. The molecular formula is C77H122N9O38P. The van der Waals surface area contributed by atoms with Crippen molar-refractivity contribution in [3.8, 4) is 12.3 Å². The van der Waals surface area contributed by atoms with Crippen molar-refractivity contribution in [1.29, 1.82) is 0 Å². The predicted octanol–water partition coefficient (Wildman–Crippen LogP) is -3.04. The first-order valence-electron chi connectivity index (χ1n) is 40.2. The van der Waals surface area contributed by atoms with Crippen LogP contribution in [0.2, 0.25) is 0 Å². The molecule has 47 nitrogen and oxygen atoms in total. The van der Waals surface area contributed by atoms with E-state index >= 15 is 0 Å². The van der Waals surface area contributed by atoms with E-state index in [-0.39, 0.29) is 118 Å². The first kappa shape index (κ1) is 110. The third-order valence-electron chi connectivity index (χ3n) is 17.1. The van der Waals surface area contributed by atoms with E-state index in [9.17, 15) is 81.5 Å². The Balaban J connectivity index is 1.92. The van der Waals surface area contributed by atoms with Gasteiger partial charge < -0.3 is 142 Å². The van der Waals surface area contributed by atoms with Crippen LogP contribution in [0.4, 0.5) is 0 Å². The maximum atomic E-state index is 14.7. The summed E-state index contributed by atoms with van der Waals surface area (Å²) < 4.78 is 121. The van der Waals surface area contributed by atoms with E-state index < -0.39 is 253 Å². The van der Waals surface area contributed by atoms with Crippen molar-refractivity contribution in [2.75, 3.05) is 125 Å². The SMILES string of the molecule is C#CCCOP(OCCOCCC(=O)NC(C(=O)NCCOCCOC1OC(COC(C)=O)C(OC(C)=O)C(OC(C)=O)C1NC(C)=O)C(=O)NC(CCC(=O)NCCOCCOC1OC(COC(C)=O)C(OC(C)=O)C(OC(C)=O)C1NC(C)=O)C(=O)NCCOCCOC1OC(COC(C)=O)C(OC(C)=O)C(OC(C)=O)C1NC(C)=O)N(C(C)C)C(C)C. The minimum absolute atomic E-state index is 0.0142. The van der Waals surface area contributed by atoms with Crippen molar-refractivity contribution in [3.63, 3.8) is 0 Å². The van der Waals surface area contributed by atoms with E-state index in [0.29, 0.717) is 6.42 Å². The molecule has 3 saturated heterocycles. The fourth-order valence-corrected chi connectivity index (χ4v) is 14.0. The van der Waals surface area contributed by atoms with Crippen LogP contribution in [-0.4, -0.2) is 347 Å². The third kappa shape index (κ3) is 43.5. The van der Waals surface area contributed by atoms with Crippen molar-refractivity contribution in [1.82, 2.24) is 47.2 Å². The smallest absolute Gasteiger partial charge is 0.303 e. The first-order valence-corrected chi connectivity index (χ1v) is 41.3.